The van der Waals surface area contributed by atoms with Crippen LogP contribution < -0.4 is 14.8 Å². The lowest BCUT2D eigenvalue weighted by Gasteiger charge is -2.14. The molecule has 118 valence electrons. The molecule has 0 spiro atoms. The van der Waals surface area contributed by atoms with Gasteiger partial charge in [-0.3, -0.25) is 9.69 Å². The van der Waals surface area contributed by atoms with Crippen molar-refractivity contribution in [2.24, 2.45) is 0 Å². The Balaban J connectivity index is 2.03. The van der Waals surface area contributed by atoms with Crippen LogP contribution >= 0.6 is 0 Å². The zero-order chi connectivity index (χ0) is 16.1. The number of esters is 1. The van der Waals surface area contributed by atoms with Crippen LogP contribution in [0.4, 0.5) is 4.79 Å². The second kappa shape index (κ2) is 6.79. The zero-order valence-corrected chi connectivity index (χ0v) is 12.3. The fourth-order valence-electron chi connectivity index (χ4n) is 2.04. The molecule has 0 aromatic heterocycles. The van der Waals surface area contributed by atoms with Gasteiger partial charge in [-0.05, 0) is 12.1 Å². The van der Waals surface area contributed by atoms with Crippen molar-refractivity contribution in [3.63, 3.8) is 0 Å². The van der Waals surface area contributed by atoms with Crippen LogP contribution in [-0.2, 0) is 9.53 Å². The highest BCUT2D eigenvalue weighted by Crippen LogP contribution is 2.31. The zero-order valence-electron chi connectivity index (χ0n) is 12.3. The minimum Gasteiger partial charge on any atom is -0.493 e. The van der Waals surface area contributed by atoms with Gasteiger partial charge in [0.15, 0.2) is 18.1 Å². The fourth-order valence-corrected chi connectivity index (χ4v) is 2.04. The van der Waals surface area contributed by atoms with Crippen LogP contribution in [0.1, 0.15) is 10.4 Å². The summed E-state index contributed by atoms with van der Waals surface area (Å²) in [4.78, 5) is 36.2. The maximum absolute atomic E-state index is 12.1. The summed E-state index contributed by atoms with van der Waals surface area (Å²) in [6.07, 6.45) is 0. The maximum atomic E-state index is 12.1. The first kappa shape index (κ1) is 15.6. The third-order valence-corrected chi connectivity index (χ3v) is 3.11. The molecule has 1 fully saturated rings. The maximum Gasteiger partial charge on any atom is 0.342 e. The number of benzene rings is 1. The largest absolute Gasteiger partial charge is 0.493 e. The van der Waals surface area contributed by atoms with E-state index in [2.05, 4.69) is 5.32 Å². The van der Waals surface area contributed by atoms with Crippen molar-refractivity contribution in [3.05, 3.63) is 23.8 Å². The fraction of sp³-hybridized carbons (Fsp3) is 0.357. The number of urea groups is 1. The number of hydrogen-bond acceptors (Lipinski definition) is 6. The van der Waals surface area contributed by atoms with Crippen LogP contribution in [0.5, 0.6) is 11.5 Å². The molecule has 1 aromatic carbocycles. The van der Waals surface area contributed by atoms with Gasteiger partial charge < -0.3 is 19.5 Å². The standard InChI is InChI=1S/C14H16N2O6/c1-20-10-5-3-4-9(12(10)21-2)13(18)22-8-11(17)16-7-6-15-14(16)19/h3-5H,6-8H2,1-2H3,(H,15,19). The van der Waals surface area contributed by atoms with Crippen LogP contribution in [0, 0.1) is 0 Å². The van der Waals surface area contributed by atoms with Crippen molar-refractivity contribution in [2.75, 3.05) is 33.9 Å². The summed E-state index contributed by atoms with van der Waals surface area (Å²) in [5.74, 6) is -0.711. The molecule has 0 saturated carbocycles. The lowest BCUT2D eigenvalue weighted by Crippen LogP contribution is -2.37. The minimum absolute atomic E-state index is 0.139. The number of ether oxygens (including phenoxy) is 3. The van der Waals surface area contributed by atoms with Crippen LogP contribution in [0.3, 0.4) is 0 Å². The van der Waals surface area contributed by atoms with E-state index in [9.17, 15) is 14.4 Å². The van der Waals surface area contributed by atoms with E-state index >= 15 is 0 Å². The first-order valence-electron chi connectivity index (χ1n) is 6.54. The molecule has 1 aliphatic rings. The normalized spacial score (nSPS) is 13.5. The average molecular weight is 308 g/mol. The number of nitrogens with one attached hydrogen (secondary N) is 1. The van der Waals surface area contributed by atoms with Crippen molar-refractivity contribution in [1.29, 1.82) is 0 Å². The summed E-state index contributed by atoms with van der Waals surface area (Å²) in [6, 6.07) is 4.25. The van der Waals surface area contributed by atoms with Crippen LogP contribution in [0.2, 0.25) is 0 Å². The number of nitrogens with zero attached hydrogens (tertiary/aromatic N) is 1. The second-order valence-corrected chi connectivity index (χ2v) is 4.39. The van der Waals surface area contributed by atoms with Gasteiger partial charge in [0.05, 0.1) is 14.2 Å². The average Bonchev–Trinajstić information content (AvgIpc) is 2.97. The number of hydrogen-bond donors (Lipinski definition) is 1. The van der Waals surface area contributed by atoms with E-state index < -0.39 is 24.5 Å². The molecule has 0 radical (unpaired) electrons. The predicted molar refractivity (Wildman–Crippen MR) is 74.9 cm³/mol. The molecule has 1 saturated heterocycles. The quantitative estimate of drug-likeness (QED) is 0.792. The van der Waals surface area contributed by atoms with Crippen molar-refractivity contribution in [1.82, 2.24) is 10.2 Å². The number of carbonyl (C=O) groups excluding carboxylic acids is 3. The van der Waals surface area contributed by atoms with E-state index in [1.807, 2.05) is 0 Å². The molecule has 3 amide bonds. The van der Waals surface area contributed by atoms with Gasteiger partial charge in [-0.15, -0.1) is 0 Å². The Kier molecular flexibility index (Phi) is 4.82. The summed E-state index contributed by atoms with van der Waals surface area (Å²) in [6.45, 7) is 0.131. The van der Waals surface area contributed by atoms with E-state index in [0.29, 0.717) is 12.3 Å². The Labute approximate surface area is 126 Å². The van der Waals surface area contributed by atoms with Crippen LogP contribution in [0.25, 0.3) is 0 Å². The van der Waals surface area contributed by atoms with Gasteiger partial charge in [0.1, 0.15) is 5.56 Å². The van der Waals surface area contributed by atoms with Gasteiger partial charge in [-0.1, -0.05) is 6.07 Å². The number of amides is 3. The predicted octanol–water partition coefficient (Wildman–Crippen LogP) is 0.412. The molecule has 1 aromatic rings. The van der Waals surface area contributed by atoms with E-state index in [1.165, 1.54) is 20.3 Å². The number of methoxy groups -OCH3 is 2. The van der Waals surface area contributed by atoms with Crippen molar-refractivity contribution in [3.8, 4) is 11.5 Å². The van der Waals surface area contributed by atoms with Crippen molar-refractivity contribution < 1.29 is 28.6 Å². The van der Waals surface area contributed by atoms with Crippen molar-refractivity contribution >= 4 is 17.9 Å². The molecular formula is C14H16N2O6. The number of carbonyl (C=O) groups is 3. The number of imide groups is 1. The molecular weight excluding hydrogens is 292 g/mol. The summed E-state index contributed by atoms with van der Waals surface area (Å²) < 4.78 is 15.2. The third kappa shape index (κ3) is 3.11. The Morgan fingerprint density at radius 1 is 1.27 bits per heavy atom. The Morgan fingerprint density at radius 3 is 2.64 bits per heavy atom. The highest BCUT2D eigenvalue weighted by Gasteiger charge is 2.27. The molecule has 8 heteroatoms. The van der Waals surface area contributed by atoms with Crippen LogP contribution in [-0.4, -0.2) is 56.7 Å². The Bertz CT molecular complexity index is 601. The Morgan fingerprint density at radius 2 is 2.05 bits per heavy atom. The molecule has 0 unspecified atom stereocenters. The molecule has 0 atom stereocenters. The van der Waals surface area contributed by atoms with E-state index in [0.717, 1.165) is 4.90 Å². The SMILES string of the molecule is COc1cccc(C(=O)OCC(=O)N2CCNC2=O)c1OC. The second-order valence-electron chi connectivity index (χ2n) is 4.39. The highest BCUT2D eigenvalue weighted by molar-refractivity contribution is 5.99. The van der Waals surface area contributed by atoms with Gasteiger partial charge in [-0.2, -0.15) is 0 Å². The summed E-state index contributed by atoms with van der Waals surface area (Å²) in [5, 5.41) is 2.49. The molecule has 2 rings (SSSR count). The lowest BCUT2D eigenvalue weighted by molar-refractivity contribution is -0.130. The van der Waals surface area contributed by atoms with E-state index in [-0.39, 0.29) is 17.9 Å². The number of rotatable bonds is 5. The first-order chi connectivity index (χ1) is 10.6. The minimum atomic E-state index is -0.733. The summed E-state index contributed by atoms with van der Waals surface area (Å²) >= 11 is 0. The molecule has 1 N–H and O–H groups in total. The van der Waals surface area contributed by atoms with Gasteiger partial charge in [0, 0.05) is 13.1 Å². The lowest BCUT2D eigenvalue weighted by atomic mass is 10.2. The molecule has 1 heterocycles. The van der Waals surface area contributed by atoms with Crippen molar-refractivity contribution in [2.45, 2.75) is 0 Å². The monoisotopic (exact) mass is 308 g/mol. The highest BCUT2D eigenvalue weighted by atomic mass is 16.5. The Hall–Kier alpha value is -2.77. The smallest absolute Gasteiger partial charge is 0.342 e. The first-order valence-corrected chi connectivity index (χ1v) is 6.54. The molecule has 0 bridgehead atoms. The molecule has 0 aliphatic carbocycles. The van der Waals surface area contributed by atoms with Crippen LogP contribution in [0.15, 0.2) is 18.2 Å². The third-order valence-electron chi connectivity index (χ3n) is 3.11. The van der Waals surface area contributed by atoms with Gasteiger partial charge in [0.2, 0.25) is 0 Å². The summed E-state index contributed by atoms with van der Waals surface area (Å²) in [5.41, 5.74) is 0.139. The van der Waals surface area contributed by atoms with Gasteiger partial charge >= 0.3 is 12.0 Å². The van der Waals surface area contributed by atoms with Gasteiger partial charge in [0.25, 0.3) is 5.91 Å². The molecule has 22 heavy (non-hydrogen) atoms. The van der Waals surface area contributed by atoms with E-state index in [4.69, 9.17) is 14.2 Å². The van der Waals surface area contributed by atoms with Gasteiger partial charge in [-0.25, -0.2) is 9.59 Å². The number of para-hydroxylation sites is 1. The topological polar surface area (TPSA) is 94.2 Å². The van der Waals surface area contributed by atoms with E-state index in [1.54, 1.807) is 12.1 Å². The summed E-state index contributed by atoms with van der Waals surface area (Å²) in [7, 11) is 2.84. The molecule has 1 aliphatic heterocycles. The molecule has 8 nitrogen and oxygen atoms in total.